The van der Waals surface area contributed by atoms with E-state index in [4.69, 9.17) is 4.74 Å². The average molecular weight is 262 g/mol. The van der Waals surface area contributed by atoms with Crippen molar-refractivity contribution in [1.82, 2.24) is 10.2 Å². The van der Waals surface area contributed by atoms with Crippen LogP contribution in [-0.4, -0.2) is 49.3 Å². The van der Waals surface area contributed by atoms with Crippen molar-refractivity contribution in [3.8, 4) is 5.75 Å². The van der Waals surface area contributed by atoms with Crippen LogP contribution in [0, 0.1) is 0 Å². The van der Waals surface area contributed by atoms with Crippen molar-refractivity contribution in [3.63, 3.8) is 0 Å². The van der Waals surface area contributed by atoms with E-state index in [0.29, 0.717) is 11.8 Å². The molecule has 4 nitrogen and oxygen atoms in total. The summed E-state index contributed by atoms with van der Waals surface area (Å²) < 4.78 is 6.00. The summed E-state index contributed by atoms with van der Waals surface area (Å²) in [5, 5.41) is 12.9. The van der Waals surface area contributed by atoms with E-state index in [9.17, 15) is 5.11 Å². The SMILES string of the molecule is CNCCN1CCO[C@@H]2c3cc(O)ccc3CC[C@H]21. The standard InChI is InChI=1S/C15H22N2O2/c1-16-6-7-17-8-9-19-15-13-10-12(18)4-2-11(13)3-5-14(15)17/h2,4,10,14-16,18H,3,5-9H2,1H3/t14-,15-/m1/s1. The molecule has 1 aromatic carbocycles. The third-order valence-corrected chi connectivity index (χ3v) is 4.29. The monoisotopic (exact) mass is 262 g/mol. The number of nitrogens with zero attached hydrogens (tertiary/aromatic N) is 1. The maximum Gasteiger partial charge on any atom is 0.115 e. The van der Waals surface area contributed by atoms with Crippen molar-refractivity contribution in [2.24, 2.45) is 0 Å². The molecule has 2 aliphatic rings. The van der Waals surface area contributed by atoms with Crippen LogP contribution in [-0.2, 0) is 11.2 Å². The fraction of sp³-hybridized carbons (Fsp3) is 0.600. The van der Waals surface area contributed by atoms with Crippen LogP contribution in [0.15, 0.2) is 18.2 Å². The minimum atomic E-state index is 0.126. The third kappa shape index (κ3) is 2.48. The van der Waals surface area contributed by atoms with Gasteiger partial charge < -0.3 is 15.2 Å². The zero-order valence-electron chi connectivity index (χ0n) is 11.4. The van der Waals surface area contributed by atoms with Gasteiger partial charge in [-0.2, -0.15) is 0 Å². The van der Waals surface area contributed by atoms with Crippen molar-refractivity contribution in [1.29, 1.82) is 0 Å². The molecule has 2 N–H and O–H groups in total. The van der Waals surface area contributed by atoms with Gasteiger partial charge in [0.25, 0.3) is 0 Å². The van der Waals surface area contributed by atoms with Crippen LogP contribution in [0.3, 0.4) is 0 Å². The van der Waals surface area contributed by atoms with Gasteiger partial charge in [-0.25, -0.2) is 0 Å². The predicted octanol–water partition coefficient (Wildman–Crippen LogP) is 1.30. The second-order valence-corrected chi connectivity index (χ2v) is 5.42. The Balaban J connectivity index is 1.84. The van der Waals surface area contributed by atoms with Gasteiger partial charge in [-0.1, -0.05) is 6.07 Å². The Bertz CT molecular complexity index is 450. The number of benzene rings is 1. The van der Waals surface area contributed by atoms with Gasteiger partial charge in [0.05, 0.1) is 12.7 Å². The maximum absolute atomic E-state index is 9.71. The molecular formula is C15H22N2O2. The van der Waals surface area contributed by atoms with Crippen LogP contribution in [0.4, 0.5) is 0 Å². The first-order valence-electron chi connectivity index (χ1n) is 7.11. The molecule has 0 radical (unpaired) electrons. The molecule has 0 spiro atoms. The zero-order chi connectivity index (χ0) is 13.2. The Hall–Kier alpha value is -1.10. The molecule has 1 fully saturated rings. The van der Waals surface area contributed by atoms with E-state index < -0.39 is 0 Å². The summed E-state index contributed by atoms with van der Waals surface area (Å²) in [7, 11) is 1.99. The van der Waals surface area contributed by atoms with Crippen LogP contribution in [0.1, 0.15) is 23.7 Å². The molecule has 1 aliphatic heterocycles. The van der Waals surface area contributed by atoms with Crippen molar-refractivity contribution in [3.05, 3.63) is 29.3 Å². The van der Waals surface area contributed by atoms with E-state index in [1.165, 1.54) is 11.1 Å². The first-order chi connectivity index (χ1) is 9.29. The number of rotatable bonds is 3. The average Bonchev–Trinajstić information content (AvgIpc) is 2.44. The lowest BCUT2D eigenvalue weighted by atomic mass is 9.84. The second-order valence-electron chi connectivity index (χ2n) is 5.42. The van der Waals surface area contributed by atoms with Crippen molar-refractivity contribution in [2.75, 3.05) is 33.3 Å². The summed E-state index contributed by atoms with van der Waals surface area (Å²) in [6, 6.07) is 6.15. The van der Waals surface area contributed by atoms with Gasteiger partial charge >= 0.3 is 0 Å². The lowest BCUT2D eigenvalue weighted by Gasteiger charge is -2.44. The molecule has 1 aromatic rings. The summed E-state index contributed by atoms with van der Waals surface area (Å²) >= 11 is 0. The largest absolute Gasteiger partial charge is 0.508 e. The molecule has 1 heterocycles. The Morgan fingerprint density at radius 1 is 1.47 bits per heavy atom. The molecule has 4 heteroatoms. The lowest BCUT2D eigenvalue weighted by molar-refractivity contribution is -0.0796. The lowest BCUT2D eigenvalue weighted by Crippen LogP contribution is -2.50. The molecule has 3 rings (SSSR count). The van der Waals surface area contributed by atoms with Crippen LogP contribution in [0.2, 0.25) is 0 Å². The minimum absolute atomic E-state index is 0.126. The molecule has 0 unspecified atom stereocenters. The van der Waals surface area contributed by atoms with Gasteiger partial charge in [-0.15, -0.1) is 0 Å². The van der Waals surface area contributed by atoms with Crippen molar-refractivity contribution < 1.29 is 9.84 Å². The Labute approximate surface area is 114 Å². The summed E-state index contributed by atoms with van der Waals surface area (Å²) in [6.07, 6.45) is 2.35. The number of hydrogen-bond acceptors (Lipinski definition) is 4. The topological polar surface area (TPSA) is 44.7 Å². The number of aryl methyl sites for hydroxylation is 1. The normalized spacial score (nSPS) is 26.8. The number of morpholine rings is 1. The number of phenolic OH excluding ortho intramolecular Hbond substituents is 1. The maximum atomic E-state index is 9.71. The van der Waals surface area contributed by atoms with Crippen LogP contribution >= 0.6 is 0 Å². The number of ether oxygens (including phenoxy) is 1. The van der Waals surface area contributed by atoms with Gasteiger partial charge in [0, 0.05) is 25.7 Å². The molecule has 104 valence electrons. The Morgan fingerprint density at radius 2 is 2.37 bits per heavy atom. The highest BCUT2D eigenvalue weighted by atomic mass is 16.5. The number of aromatic hydroxyl groups is 1. The quantitative estimate of drug-likeness (QED) is 0.862. The highest BCUT2D eigenvalue weighted by molar-refractivity contribution is 5.39. The Kier molecular flexibility index (Phi) is 3.73. The molecule has 19 heavy (non-hydrogen) atoms. The fourth-order valence-electron chi connectivity index (χ4n) is 3.31. The minimum Gasteiger partial charge on any atom is -0.508 e. The number of phenols is 1. The first-order valence-corrected chi connectivity index (χ1v) is 7.11. The zero-order valence-corrected chi connectivity index (χ0v) is 11.4. The van der Waals surface area contributed by atoms with Gasteiger partial charge in [-0.05, 0) is 43.1 Å². The summed E-state index contributed by atoms with van der Waals surface area (Å²) in [6.45, 7) is 3.86. The second kappa shape index (κ2) is 5.49. The molecule has 1 saturated heterocycles. The van der Waals surface area contributed by atoms with Crippen LogP contribution in [0.5, 0.6) is 5.75 Å². The van der Waals surface area contributed by atoms with E-state index in [1.54, 1.807) is 6.07 Å². The number of nitrogens with one attached hydrogen (secondary N) is 1. The first kappa shape index (κ1) is 12.9. The van der Waals surface area contributed by atoms with Gasteiger partial charge in [0.15, 0.2) is 0 Å². The highest BCUT2D eigenvalue weighted by Crippen LogP contribution is 2.38. The van der Waals surface area contributed by atoms with E-state index in [-0.39, 0.29) is 6.10 Å². The van der Waals surface area contributed by atoms with Crippen molar-refractivity contribution in [2.45, 2.75) is 25.0 Å². The summed E-state index contributed by atoms with van der Waals surface area (Å²) in [4.78, 5) is 2.53. The molecule has 0 bridgehead atoms. The van der Waals surface area contributed by atoms with Crippen molar-refractivity contribution >= 4 is 0 Å². The van der Waals surface area contributed by atoms with Gasteiger partial charge in [-0.3, -0.25) is 4.90 Å². The van der Waals surface area contributed by atoms with E-state index >= 15 is 0 Å². The fourth-order valence-corrected chi connectivity index (χ4v) is 3.31. The molecular weight excluding hydrogens is 240 g/mol. The van der Waals surface area contributed by atoms with Gasteiger partial charge in [0.2, 0.25) is 0 Å². The molecule has 0 amide bonds. The van der Waals surface area contributed by atoms with E-state index in [1.807, 2.05) is 19.2 Å². The van der Waals surface area contributed by atoms with Gasteiger partial charge in [0.1, 0.15) is 5.75 Å². The summed E-state index contributed by atoms with van der Waals surface area (Å²) in [5.74, 6) is 0.343. The number of likely N-dealkylation sites (N-methyl/N-ethyl adjacent to an activating group) is 1. The van der Waals surface area contributed by atoms with E-state index in [2.05, 4.69) is 10.2 Å². The summed E-state index contributed by atoms with van der Waals surface area (Å²) in [5.41, 5.74) is 2.51. The predicted molar refractivity (Wildman–Crippen MR) is 74.4 cm³/mol. The number of fused-ring (bicyclic) bond motifs is 3. The third-order valence-electron chi connectivity index (χ3n) is 4.29. The van der Waals surface area contributed by atoms with E-state index in [0.717, 1.165) is 39.1 Å². The molecule has 0 saturated carbocycles. The molecule has 2 atom stereocenters. The molecule has 0 aromatic heterocycles. The Morgan fingerprint density at radius 3 is 3.21 bits per heavy atom. The smallest absolute Gasteiger partial charge is 0.115 e. The van der Waals surface area contributed by atoms with Crippen LogP contribution < -0.4 is 5.32 Å². The molecule has 1 aliphatic carbocycles. The van der Waals surface area contributed by atoms with Crippen LogP contribution in [0.25, 0.3) is 0 Å². The number of hydrogen-bond donors (Lipinski definition) is 2. The highest BCUT2D eigenvalue weighted by Gasteiger charge is 2.37.